The molecular formula is C16H16N2O2. The van der Waals surface area contributed by atoms with Crippen molar-refractivity contribution >= 4 is 11.8 Å². The Bertz CT molecular complexity index is 633. The number of carbonyl (C=O) groups excluding carboxylic acids is 2. The zero-order valence-corrected chi connectivity index (χ0v) is 11.4. The molecule has 0 heterocycles. The van der Waals surface area contributed by atoms with Gasteiger partial charge in [0.15, 0.2) is 0 Å². The SMILES string of the molecule is Cc1ccc(C(=O)NNC(=O)c2ccccc2C)cc1. The summed E-state index contributed by atoms with van der Waals surface area (Å²) in [7, 11) is 0. The fourth-order valence-corrected chi connectivity index (χ4v) is 1.79. The number of nitrogens with one attached hydrogen (secondary N) is 2. The smallest absolute Gasteiger partial charge is 0.267 e. The Morgan fingerprint density at radius 2 is 1.40 bits per heavy atom. The molecular weight excluding hydrogens is 252 g/mol. The van der Waals surface area contributed by atoms with Gasteiger partial charge in [0.25, 0.3) is 11.8 Å². The van der Waals surface area contributed by atoms with Crippen LogP contribution >= 0.6 is 0 Å². The van der Waals surface area contributed by atoms with Gasteiger partial charge < -0.3 is 0 Å². The van der Waals surface area contributed by atoms with E-state index in [4.69, 9.17) is 0 Å². The molecule has 0 aliphatic carbocycles. The predicted octanol–water partition coefficient (Wildman–Crippen LogP) is 2.38. The number of amides is 2. The van der Waals surface area contributed by atoms with Gasteiger partial charge in [-0.3, -0.25) is 20.4 Å². The Kier molecular flexibility index (Phi) is 4.15. The van der Waals surface area contributed by atoms with Crippen LogP contribution in [0.25, 0.3) is 0 Å². The molecule has 4 nitrogen and oxygen atoms in total. The van der Waals surface area contributed by atoms with Crippen LogP contribution < -0.4 is 10.9 Å². The summed E-state index contributed by atoms with van der Waals surface area (Å²) in [4.78, 5) is 23.8. The van der Waals surface area contributed by atoms with Crippen LogP contribution in [0.3, 0.4) is 0 Å². The topological polar surface area (TPSA) is 58.2 Å². The van der Waals surface area contributed by atoms with E-state index < -0.39 is 0 Å². The Labute approximate surface area is 117 Å². The summed E-state index contributed by atoms with van der Waals surface area (Å²) in [6, 6.07) is 14.3. The second kappa shape index (κ2) is 6.02. The van der Waals surface area contributed by atoms with Crippen molar-refractivity contribution in [3.05, 3.63) is 70.8 Å². The summed E-state index contributed by atoms with van der Waals surface area (Å²) in [6.07, 6.45) is 0. The molecule has 0 aliphatic rings. The van der Waals surface area contributed by atoms with Crippen LogP contribution in [-0.4, -0.2) is 11.8 Å². The van der Waals surface area contributed by atoms with Crippen molar-refractivity contribution < 1.29 is 9.59 Å². The first-order chi connectivity index (χ1) is 9.58. The van der Waals surface area contributed by atoms with Crippen molar-refractivity contribution in [3.63, 3.8) is 0 Å². The normalized spacial score (nSPS) is 9.90. The van der Waals surface area contributed by atoms with E-state index in [0.717, 1.165) is 11.1 Å². The van der Waals surface area contributed by atoms with Crippen molar-refractivity contribution in [2.24, 2.45) is 0 Å². The van der Waals surface area contributed by atoms with Gasteiger partial charge in [-0.15, -0.1) is 0 Å². The third-order valence-electron chi connectivity index (χ3n) is 2.99. The minimum atomic E-state index is -0.341. The van der Waals surface area contributed by atoms with Crippen LogP contribution in [0.1, 0.15) is 31.8 Å². The lowest BCUT2D eigenvalue weighted by Crippen LogP contribution is -2.41. The van der Waals surface area contributed by atoms with E-state index in [0.29, 0.717) is 11.1 Å². The van der Waals surface area contributed by atoms with Crippen molar-refractivity contribution in [1.29, 1.82) is 0 Å². The molecule has 0 saturated carbocycles. The number of rotatable bonds is 2. The van der Waals surface area contributed by atoms with Crippen molar-refractivity contribution in [3.8, 4) is 0 Å². The molecule has 0 atom stereocenters. The number of hydrogen-bond donors (Lipinski definition) is 2. The van der Waals surface area contributed by atoms with E-state index in [9.17, 15) is 9.59 Å². The Balaban J connectivity index is 1.99. The third kappa shape index (κ3) is 3.23. The second-order valence-corrected chi connectivity index (χ2v) is 4.59. The lowest BCUT2D eigenvalue weighted by molar-refractivity contribution is 0.0846. The highest BCUT2D eigenvalue weighted by molar-refractivity contribution is 5.99. The number of aryl methyl sites for hydroxylation is 2. The number of hydrazine groups is 1. The van der Waals surface area contributed by atoms with Crippen molar-refractivity contribution in [2.45, 2.75) is 13.8 Å². The van der Waals surface area contributed by atoms with Gasteiger partial charge in [0.1, 0.15) is 0 Å². The molecule has 102 valence electrons. The van der Waals surface area contributed by atoms with E-state index in [1.54, 1.807) is 24.3 Å². The summed E-state index contributed by atoms with van der Waals surface area (Å²) in [6.45, 7) is 3.79. The predicted molar refractivity (Wildman–Crippen MR) is 77.3 cm³/mol. The monoisotopic (exact) mass is 268 g/mol. The molecule has 0 fully saturated rings. The van der Waals surface area contributed by atoms with Gasteiger partial charge in [-0.25, -0.2) is 0 Å². The Morgan fingerprint density at radius 3 is 2.05 bits per heavy atom. The first kappa shape index (κ1) is 13.8. The fourth-order valence-electron chi connectivity index (χ4n) is 1.79. The molecule has 0 bridgehead atoms. The summed E-state index contributed by atoms with van der Waals surface area (Å²) in [5, 5.41) is 0. The maximum absolute atomic E-state index is 11.9. The van der Waals surface area contributed by atoms with E-state index >= 15 is 0 Å². The average Bonchev–Trinajstić information content (AvgIpc) is 2.45. The molecule has 2 aromatic rings. The number of carbonyl (C=O) groups is 2. The van der Waals surface area contributed by atoms with Crippen molar-refractivity contribution in [1.82, 2.24) is 10.9 Å². The van der Waals surface area contributed by atoms with Gasteiger partial charge >= 0.3 is 0 Å². The summed E-state index contributed by atoms with van der Waals surface area (Å²) in [5.74, 6) is -0.671. The number of hydrogen-bond acceptors (Lipinski definition) is 2. The summed E-state index contributed by atoms with van der Waals surface area (Å²) >= 11 is 0. The molecule has 0 spiro atoms. The molecule has 2 aromatic carbocycles. The lowest BCUT2D eigenvalue weighted by Gasteiger charge is -2.09. The standard InChI is InChI=1S/C16H16N2O2/c1-11-7-9-13(10-8-11)15(19)17-18-16(20)14-6-4-3-5-12(14)2/h3-10H,1-2H3,(H,17,19)(H,18,20). The maximum Gasteiger partial charge on any atom is 0.269 e. The summed E-state index contributed by atoms with van der Waals surface area (Å²) < 4.78 is 0. The van der Waals surface area contributed by atoms with Crippen molar-refractivity contribution in [2.75, 3.05) is 0 Å². The van der Waals surface area contributed by atoms with Gasteiger partial charge in [-0.1, -0.05) is 35.9 Å². The van der Waals surface area contributed by atoms with Crippen LogP contribution in [0.4, 0.5) is 0 Å². The van der Waals surface area contributed by atoms with Crippen LogP contribution in [0.15, 0.2) is 48.5 Å². The van der Waals surface area contributed by atoms with Gasteiger partial charge in [-0.2, -0.15) is 0 Å². The minimum absolute atomic E-state index is 0.330. The highest BCUT2D eigenvalue weighted by Crippen LogP contribution is 2.06. The second-order valence-electron chi connectivity index (χ2n) is 4.59. The Hall–Kier alpha value is -2.62. The number of benzene rings is 2. The third-order valence-corrected chi connectivity index (χ3v) is 2.99. The van der Waals surface area contributed by atoms with Crippen LogP contribution in [0.5, 0.6) is 0 Å². The maximum atomic E-state index is 11.9. The fraction of sp³-hybridized carbons (Fsp3) is 0.125. The molecule has 0 unspecified atom stereocenters. The minimum Gasteiger partial charge on any atom is -0.267 e. The van der Waals surface area contributed by atoms with Gasteiger partial charge in [0.2, 0.25) is 0 Å². The molecule has 0 saturated heterocycles. The van der Waals surface area contributed by atoms with Gasteiger partial charge in [0, 0.05) is 11.1 Å². The van der Waals surface area contributed by atoms with Gasteiger partial charge in [-0.05, 0) is 37.6 Å². The van der Waals surface area contributed by atoms with Crippen LogP contribution in [-0.2, 0) is 0 Å². The quantitative estimate of drug-likeness (QED) is 0.822. The van der Waals surface area contributed by atoms with E-state index in [1.807, 2.05) is 38.1 Å². The van der Waals surface area contributed by atoms with E-state index in [2.05, 4.69) is 10.9 Å². The van der Waals surface area contributed by atoms with E-state index in [1.165, 1.54) is 0 Å². The van der Waals surface area contributed by atoms with Gasteiger partial charge in [0.05, 0.1) is 0 Å². The summed E-state index contributed by atoms with van der Waals surface area (Å²) in [5.41, 5.74) is 7.79. The molecule has 4 heteroatoms. The molecule has 0 aliphatic heterocycles. The highest BCUT2D eigenvalue weighted by Gasteiger charge is 2.10. The van der Waals surface area contributed by atoms with Crippen LogP contribution in [0, 0.1) is 13.8 Å². The molecule has 2 amide bonds. The molecule has 0 radical (unpaired) electrons. The molecule has 20 heavy (non-hydrogen) atoms. The average molecular weight is 268 g/mol. The first-order valence-corrected chi connectivity index (χ1v) is 6.31. The zero-order valence-electron chi connectivity index (χ0n) is 11.4. The highest BCUT2D eigenvalue weighted by atomic mass is 16.2. The van der Waals surface area contributed by atoms with Crippen LogP contribution in [0.2, 0.25) is 0 Å². The first-order valence-electron chi connectivity index (χ1n) is 6.31. The molecule has 2 N–H and O–H groups in total. The zero-order chi connectivity index (χ0) is 14.5. The molecule has 2 rings (SSSR count). The molecule has 0 aromatic heterocycles. The van der Waals surface area contributed by atoms with E-state index in [-0.39, 0.29) is 11.8 Å². The Morgan fingerprint density at radius 1 is 0.800 bits per heavy atom. The largest absolute Gasteiger partial charge is 0.269 e. The lowest BCUT2D eigenvalue weighted by atomic mass is 10.1.